The van der Waals surface area contributed by atoms with Crippen LogP contribution in [0, 0.1) is 0 Å². The number of rotatable bonds is 13. The van der Waals surface area contributed by atoms with Crippen molar-refractivity contribution in [3.63, 3.8) is 0 Å². The third-order valence-electron chi connectivity index (χ3n) is 4.68. The maximum Gasteiger partial charge on any atom is 0.443 e. The molecule has 0 aliphatic rings. The molecule has 174 valence electrons. The summed E-state index contributed by atoms with van der Waals surface area (Å²) in [6, 6.07) is 7.55. The van der Waals surface area contributed by atoms with Crippen molar-refractivity contribution >= 4 is 11.3 Å². The zero-order valence-corrected chi connectivity index (χ0v) is 18.5. The Labute approximate surface area is 184 Å². The lowest BCUT2D eigenvalue weighted by atomic mass is 10.0. The molecule has 1 aromatic heterocycles. The number of ether oxygens (including phenoxy) is 2. The molecule has 2 aromatic rings. The second-order valence-corrected chi connectivity index (χ2v) is 7.91. The van der Waals surface area contributed by atoms with Crippen LogP contribution in [-0.4, -0.2) is 65.7 Å². The van der Waals surface area contributed by atoms with Crippen LogP contribution in [-0.2, 0) is 17.3 Å². The number of aromatic nitrogens is 1. The lowest BCUT2D eigenvalue weighted by Gasteiger charge is -2.30. The van der Waals surface area contributed by atoms with Crippen molar-refractivity contribution in [1.29, 1.82) is 0 Å². The predicted molar refractivity (Wildman–Crippen MR) is 112 cm³/mol. The highest BCUT2D eigenvalue weighted by atomic mass is 32.1. The van der Waals surface area contributed by atoms with Crippen LogP contribution in [0.15, 0.2) is 29.6 Å². The Bertz CT molecular complexity index is 771. The van der Waals surface area contributed by atoms with E-state index >= 15 is 0 Å². The molecule has 0 amide bonds. The Hall–Kier alpha value is -1.72. The van der Waals surface area contributed by atoms with E-state index in [4.69, 9.17) is 9.47 Å². The van der Waals surface area contributed by atoms with E-state index in [1.54, 1.807) is 0 Å². The summed E-state index contributed by atoms with van der Waals surface area (Å²) in [7, 11) is 0. The molecule has 6 nitrogen and oxygen atoms in total. The molecule has 2 unspecified atom stereocenters. The summed E-state index contributed by atoms with van der Waals surface area (Å²) in [6.45, 7) is 5.73. The topological polar surface area (TPSA) is 75.1 Å². The standard InChI is InChI=1S/C21H29F3N2O4S/c1-3-29-10-11-30-17-6-4-16(5-7-17)12-15(2)26(8-9-27)13-19(28)18-14-31-20(25-18)21(22,23)24/h4-7,14-15,19,27-28H,3,8-13H2,1-2H3. The summed E-state index contributed by atoms with van der Waals surface area (Å²) < 4.78 is 49.1. The van der Waals surface area contributed by atoms with Crippen molar-refractivity contribution in [1.82, 2.24) is 9.88 Å². The third kappa shape index (κ3) is 8.38. The number of halogens is 3. The number of aliphatic hydroxyl groups excluding tert-OH is 2. The summed E-state index contributed by atoms with van der Waals surface area (Å²) in [5.74, 6) is 0.739. The number of hydrogen-bond acceptors (Lipinski definition) is 7. The molecule has 10 heteroatoms. The molecule has 2 atom stereocenters. The minimum absolute atomic E-state index is 0.0129. The Morgan fingerprint density at radius 3 is 2.48 bits per heavy atom. The quantitative estimate of drug-likeness (QED) is 0.444. The molecule has 0 radical (unpaired) electrons. The van der Waals surface area contributed by atoms with Crippen molar-refractivity contribution in [3.8, 4) is 5.75 Å². The maximum absolute atomic E-state index is 12.8. The summed E-state index contributed by atoms with van der Waals surface area (Å²) in [4.78, 5) is 5.35. The molecule has 31 heavy (non-hydrogen) atoms. The minimum atomic E-state index is -4.53. The molecular weight excluding hydrogens is 433 g/mol. The molecule has 0 bridgehead atoms. The van der Waals surface area contributed by atoms with E-state index in [0.29, 0.717) is 37.6 Å². The fraction of sp³-hybridized carbons (Fsp3) is 0.571. The average Bonchev–Trinajstić information content (AvgIpc) is 3.23. The van der Waals surface area contributed by atoms with E-state index in [2.05, 4.69) is 4.98 Å². The van der Waals surface area contributed by atoms with Crippen LogP contribution in [0.3, 0.4) is 0 Å². The van der Waals surface area contributed by atoms with Crippen LogP contribution in [0.2, 0.25) is 0 Å². The zero-order valence-electron chi connectivity index (χ0n) is 17.6. The Morgan fingerprint density at radius 1 is 1.19 bits per heavy atom. The van der Waals surface area contributed by atoms with Crippen molar-refractivity contribution in [2.75, 3.05) is 39.5 Å². The van der Waals surface area contributed by atoms with Crippen LogP contribution >= 0.6 is 11.3 Å². The fourth-order valence-corrected chi connectivity index (χ4v) is 3.79. The van der Waals surface area contributed by atoms with Gasteiger partial charge in [0.2, 0.25) is 0 Å². The van der Waals surface area contributed by atoms with Gasteiger partial charge in [0, 0.05) is 31.1 Å². The molecular formula is C21H29F3N2O4S. The van der Waals surface area contributed by atoms with Crippen molar-refractivity contribution in [2.24, 2.45) is 0 Å². The van der Waals surface area contributed by atoms with E-state index in [0.717, 1.165) is 11.3 Å². The van der Waals surface area contributed by atoms with Crippen molar-refractivity contribution in [2.45, 2.75) is 38.6 Å². The van der Waals surface area contributed by atoms with Gasteiger partial charge in [0.1, 0.15) is 18.5 Å². The van der Waals surface area contributed by atoms with Gasteiger partial charge < -0.3 is 19.7 Å². The molecule has 0 aliphatic carbocycles. The van der Waals surface area contributed by atoms with Gasteiger partial charge in [-0.1, -0.05) is 12.1 Å². The molecule has 0 saturated carbocycles. The number of thiazole rings is 1. The number of benzene rings is 1. The van der Waals surface area contributed by atoms with E-state index in [1.807, 2.05) is 43.0 Å². The second-order valence-electron chi connectivity index (χ2n) is 7.05. The minimum Gasteiger partial charge on any atom is -0.491 e. The first kappa shape index (κ1) is 25.5. The highest BCUT2D eigenvalue weighted by Crippen LogP contribution is 2.33. The molecule has 1 aromatic carbocycles. The highest BCUT2D eigenvalue weighted by Gasteiger charge is 2.35. The van der Waals surface area contributed by atoms with Gasteiger partial charge >= 0.3 is 6.18 Å². The summed E-state index contributed by atoms with van der Waals surface area (Å²) >= 11 is 0.462. The monoisotopic (exact) mass is 462 g/mol. The van der Waals surface area contributed by atoms with Crippen LogP contribution in [0.1, 0.15) is 36.2 Å². The van der Waals surface area contributed by atoms with Gasteiger partial charge in [0.25, 0.3) is 0 Å². The Kier molecular flexibility index (Phi) is 10.2. The van der Waals surface area contributed by atoms with Crippen LogP contribution < -0.4 is 4.74 Å². The van der Waals surface area contributed by atoms with E-state index < -0.39 is 17.3 Å². The SMILES string of the molecule is CCOCCOc1ccc(CC(C)N(CCO)CC(O)c2csc(C(F)(F)F)n2)cc1. The Balaban J connectivity index is 1.93. The van der Waals surface area contributed by atoms with Crippen LogP contribution in [0.25, 0.3) is 0 Å². The summed E-state index contributed by atoms with van der Waals surface area (Å²) in [5, 5.41) is 20.0. The van der Waals surface area contributed by atoms with Crippen LogP contribution in [0.5, 0.6) is 5.75 Å². The van der Waals surface area contributed by atoms with E-state index in [9.17, 15) is 23.4 Å². The van der Waals surface area contributed by atoms with Gasteiger partial charge in [-0.15, -0.1) is 11.3 Å². The molecule has 1 heterocycles. The fourth-order valence-electron chi connectivity index (χ4n) is 3.06. The van der Waals surface area contributed by atoms with Crippen molar-refractivity contribution < 1.29 is 32.9 Å². The van der Waals surface area contributed by atoms with E-state index in [-0.39, 0.29) is 31.4 Å². The van der Waals surface area contributed by atoms with Gasteiger partial charge in [-0.25, -0.2) is 4.98 Å². The first-order chi connectivity index (χ1) is 14.7. The average molecular weight is 463 g/mol. The number of hydrogen-bond donors (Lipinski definition) is 2. The highest BCUT2D eigenvalue weighted by molar-refractivity contribution is 7.09. The zero-order chi connectivity index (χ0) is 22.9. The lowest BCUT2D eigenvalue weighted by molar-refractivity contribution is -0.137. The van der Waals surface area contributed by atoms with Gasteiger partial charge in [-0.2, -0.15) is 13.2 Å². The maximum atomic E-state index is 12.8. The molecule has 0 fully saturated rings. The third-order valence-corrected chi connectivity index (χ3v) is 5.58. The molecule has 0 aliphatic heterocycles. The number of nitrogens with zero attached hydrogens (tertiary/aromatic N) is 2. The normalized spacial score (nSPS) is 14.1. The second kappa shape index (κ2) is 12.4. The van der Waals surface area contributed by atoms with Crippen molar-refractivity contribution in [3.05, 3.63) is 45.9 Å². The van der Waals surface area contributed by atoms with Gasteiger partial charge in [-0.05, 0) is 38.0 Å². The molecule has 2 rings (SSSR count). The van der Waals surface area contributed by atoms with Crippen LogP contribution in [0.4, 0.5) is 13.2 Å². The van der Waals surface area contributed by atoms with E-state index in [1.165, 1.54) is 5.38 Å². The summed E-state index contributed by atoms with van der Waals surface area (Å²) in [6.07, 6.45) is -5.07. The summed E-state index contributed by atoms with van der Waals surface area (Å²) in [5.41, 5.74) is 1.02. The number of aliphatic hydroxyl groups is 2. The lowest BCUT2D eigenvalue weighted by Crippen LogP contribution is -2.39. The first-order valence-electron chi connectivity index (χ1n) is 10.1. The van der Waals surface area contributed by atoms with Gasteiger partial charge in [0.05, 0.1) is 18.9 Å². The molecule has 0 saturated heterocycles. The Morgan fingerprint density at radius 2 is 1.90 bits per heavy atom. The first-order valence-corrected chi connectivity index (χ1v) is 11.0. The molecule has 2 N–H and O–H groups in total. The number of alkyl halides is 3. The smallest absolute Gasteiger partial charge is 0.443 e. The van der Waals surface area contributed by atoms with Gasteiger partial charge in [0.15, 0.2) is 5.01 Å². The predicted octanol–water partition coefficient (Wildman–Crippen LogP) is 3.54. The molecule has 0 spiro atoms. The largest absolute Gasteiger partial charge is 0.491 e. The van der Waals surface area contributed by atoms with Gasteiger partial charge in [-0.3, -0.25) is 4.90 Å².